The largest absolute Gasteiger partial charge is 0.496 e. The minimum atomic E-state index is -0.379. The van der Waals surface area contributed by atoms with E-state index in [0.717, 1.165) is 29.4 Å². The second kappa shape index (κ2) is 6.83. The summed E-state index contributed by atoms with van der Waals surface area (Å²) in [6.07, 6.45) is 2.40. The molecule has 0 aliphatic carbocycles. The number of methoxy groups -OCH3 is 2. The van der Waals surface area contributed by atoms with Crippen molar-refractivity contribution in [2.45, 2.75) is 39.2 Å². The predicted octanol–water partition coefficient (Wildman–Crippen LogP) is 3.17. The van der Waals surface area contributed by atoms with Crippen molar-refractivity contribution in [3.63, 3.8) is 0 Å². The third kappa shape index (κ3) is 2.81. The highest BCUT2D eigenvalue weighted by molar-refractivity contribution is 5.91. The van der Waals surface area contributed by atoms with Crippen LogP contribution in [0.2, 0.25) is 0 Å². The normalized spacial score (nSPS) is 12.4. The Labute approximate surface area is 130 Å². The fraction of sp³-hybridized carbons (Fsp3) is 0.471. The highest BCUT2D eigenvalue weighted by Gasteiger charge is 2.22. The Morgan fingerprint density at radius 2 is 1.86 bits per heavy atom. The Bertz CT molecular complexity index is 721. The van der Waals surface area contributed by atoms with E-state index >= 15 is 0 Å². The first-order valence-electron chi connectivity index (χ1n) is 7.54. The molecule has 2 rings (SSSR count). The summed E-state index contributed by atoms with van der Waals surface area (Å²) >= 11 is 0. The van der Waals surface area contributed by atoms with Gasteiger partial charge >= 0.3 is 5.63 Å². The van der Waals surface area contributed by atoms with E-state index in [2.05, 4.69) is 6.92 Å². The third-order valence-corrected chi connectivity index (χ3v) is 3.83. The van der Waals surface area contributed by atoms with E-state index < -0.39 is 0 Å². The first-order valence-corrected chi connectivity index (χ1v) is 7.54. The monoisotopic (exact) mass is 305 g/mol. The average molecular weight is 305 g/mol. The molecule has 0 bridgehead atoms. The van der Waals surface area contributed by atoms with Gasteiger partial charge in [0.05, 0.1) is 25.2 Å². The number of benzene rings is 1. The average Bonchev–Trinajstić information content (AvgIpc) is 2.52. The third-order valence-electron chi connectivity index (χ3n) is 3.83. The minimum Gasteiger partial charge on any atom is -0.496 e. The highest BCUT2D eigenvalue weighted by Crippen LogP contribution is 2.40. The molecule has 0 fully saturated rings. The molecule has 0 radical (unpaired) electrons. The van der Waals surface area contributed by atoms with Crippen LogP contribution in [0.3, 0.4) is 0 Å². The van der Waals surface area contributed by atoms with Gasteiger partial charge in [-0.2, -0.15) is 0 Å². The molecule has 1 aromatic carbocycles. The van der Waals surface area contributed by atoms with Crippen LogP contribution in [-0.2, 0) is 6.42 Å². The van der Waals surface area contributed by atoms with Gasteiger partial charge in [0.15, 0.2) is 5.58 Å². The second-order valence-corrected chi connectivity index (χ2v) is 5.25. The van der Waals surface area contributed by atoms with Gasteiger partial charge in [-0.25, -0.2) is 4.79 Å². The number of fused-ring (bicyclic) bond motifs is 1. The van der Waals surface area contributed by atoms with Crippen LogP contribution in [0.25, 0.3) is 11.0 Å². The molecule has 1 heterocycles. The molecule has 0 spiro atoms. The summed E-state index contributed by atoms with van der Waals surface area (Å²) in [5.41, 5.74) is 7.95. The Kier molecular flexibility index (Phi) is 5.08. The number of hydrogen-bond donors (Lipinski definition) is 1. The molecule has 2 aromatic rings. The number of nitrogens with two attached hydrogens (primary N) is 1. The van der Waals surface area contributed by atoms with Crippen molar-refractivity contribution < 1.29 is 13.9 Å². The summed E-state index contributed by atoms with van der Waals surface area (Å²) in [7, 11) is 3.16. The zero-order chi connectivity index (χ0) is 16.3. The zero-order valence-corrected chi connectivity index (χ0v) is 13.6. The lowest BCUT2D eigenvalue weighted by molar-refractivity contribution is 0.388. The standard InChI is InChI=1S/C17H23NO4/c1-5-7-10-8-14(19)22-17-15(10)12(20-3)9-13(21-4)16(17)11(18)6-2/h8-9,11H,5-7,18H2,1-4H3. The Morgan fingerprint density at radius 3 is 2.41 bits per heavy atom. The number of rotatable bonds is 6. The van der Waals surface area contributed by atoms with Crippen molar-refractivity contribution in [1.29, 1.82) is 0 Å². The quantitative estimate of drug-likeness (QED) is 0.830. The first kappa shape index (κ1) is 16.4. The minimum absolute atomic E-state index is 0.275. The maximum atomic E-state index is 12.0. The maximum absolute atomic E-state index is 12.0. The van der Waals surface area contributed by atoms with Gasteiger partial charge in [-0.05, 0) is 18.4 Å². The van der Waals surface area contributed by atoms with E-state index in [1.807, 2.05) is 13.0 Å². The van der Waals surface area contributed by atoms with Crippen LogP contribution in [0.4, 0.5) is 0 Å². The van der Waals surface area contributed by atoms with E-state index in [9.17, 15) is 4.79 Å². The van der Waals surface area contributed by atoms with Crippen LogP contribution >= 0.6 is 0 Å². The van der Waals surface area contributed by atoms with Gasteiger partial charge in [-0.1, -0.05) is 20.3 Å². The lowest BCUT2D eigenvalue weighted by Crippen LogP contribution is -2.13. The van der Waals surface area contributed by atoms with E-state index in [-0.39, 0.29) is 11.7 Å². The molecule has 0 aliphatic rings. The van der Waals surface area contributed by atoms with Crippen molar-refractivity contribution in [3.05, 3.63) is 33.7 Å². The molecule has 120 valence electrons. The Morgan fingerprint density at radius 1 is 1.18 bits per heavy atom. The topological polar surface area (TPSA) is 74.7 Å². The molecule has 1 atom stereocenters. The van der Waals surface area contributed by atoms with Gasteiger partial charge in [-0.3, -0.25) is 0 Å². The molecule has 0 saturated carbocycles. The van der Waals surface area contributed by atoms with Crippen molar-refractivity contribution >= 4 is 11.0 Å². The van der Waals surface area contributed by atoms with Gasteiger partial charge < -0.3 is 19.6 Å². The molecule has 1 unspecified atom stereocenters. The summed E-state index contributed by atoms with van der Waals surface area (Å²) < 4.78 is 16.4. The van der Waals surface area contributed by atoms with Crippen molar-refractivity contribution in [2.24, 2.45) is 5.73 Å². The van der Waals surface area contributed by atoms with Gasteiger partial charge in [0, 0.05) is 18.2 Å². The van der Waals surface area contributed by atoms with E-state index in [1.54, 1.807) is 14.2 Å². The van der Waals surface area contributed by atoms with Crippen molar-refractivity contribution in [1.82, 2.24) is 0 Å². The van der Waals surface area contributed by atoms with Gasteiger partial charge in [0.2, 0.25) is 0 Å². The second-order valence-electron chi connectivity index (χ2n) is 5.25. The fourth-order valence-electron chi connectivity index (χ4n) is 2.73. The maximum Gasteiger partial charge on any atom is 0.336 e. The summed E-state index contributed by atoms with van der Waals surface area (Å²) in [5, 5.41) is 0.809. The smallest absolute Gasteiger partial charge is 0.336 e. The molecule has 0 saturated heterocycles. The Hall–Kier alpha value is -2.01. The highest BCUT2D eigenvalue weighted by atomic mass is 16.5. The van der Waals surface area contributed by atoms with Gasteiger partial charge in [-0.15, -0.1) is 0 Å². The van der Waals surface area contributed by atoms with Crippen molar-refractivity contribution in [2.75, 3.05) is 14.2 Å². The lowest BCUT2D eigenvalue weighted by atomic mass is 9.96. The lowest BCUT2D eigenvalue weighted by Gasteiger charge is -2.19. The molecule has 22 heavy (non-hydrogen) atoms. The summed E-state index contributed by atoms with van der Waals surface area (Å²) in [6, 6.07) is 3.07. The van der Waals surface area contributed by atoms with Crippen LogP contribution in [0, 0.1) is 0 Å². The van der Waals surface area contributed by atoms with Crippen LogP contribution in [-0.4, -0.2) is 14.2 Å². The molecule has 0 aliphatic heterocycles. The summed E-state index contributed by atoms with van der Waals surface area (Å²) in [5.74, 6) is 1.21. The Balaban J connectivity index is 2.95. The fourth-order valence-corrected chi connectivity index (χ4v) is 2.73. The molecular weight excluding hydrogens is 282 g/mol. The SMILES string of the molecule is CCCc1cc(=O)oc2c(C(N)CC)c(OC)cc(OC)c12. The van der Waals surface area contributed by atoms with Crippen LogP contribution < -0.4 is 20.8 Å². The zero-order valence-electron chi connectivity index (χ0n) is 13.6. The van der Waals surface area contributed by atoms with Crippen LogP contribution in [0.15, 0.2) is 21.3 Å². The molecule has 1 aromatic heterocycles. The van der Waals surface area contributed by atoms with E-state index in [0.29, 0.717) is 23.5 Å². The number of hydrogen-bond acceptors (Lipinski definition) is 5. The number of ether oxygens (including phenoxy) is 2. The van der Waals surface area contributed by atoms with Crippen LogP contribution in [0.1, 0.15) is 43.9 Å². The summed E-state index contributed by atoms with van der Waals surface area (Å²) in [6.45, 7) is 4.04. The molecule has 5 heteroatoms. The molecule has 5 nitrogen and oxygen atoms in total. The first-order chi connectivity index (χ1) is 10.6. The summed E-state index contributed by atoms with van der Waals surface area (Å²) in [4.78, 5) is 12.0. The van der Waals surface area contributed by atoms with E-state index in [1.165, 1.54) is 6.07 Å². The predicted molar refractivity (Wildman–Crippen MR) is 86.8 cm³/mol. The molecule has 0 amide bonds. The number of aryl methyl sites for hydroxylation is 1. The van der Waals surface area contributed by atoms with E-state index in [4.69, 9.17) is 19.6 Å². The van der Waals surface area contributed by atoms with Crippen molar-refractivity contribution in [3.8, 4) is 11.5 Å². The van der Waals surface area contributed by atoms with Gasteiger partial charge in [0.1, 0.15) is 11.5 Å². The molecular formula is C17H23NO4. The molecule has 2 N–H and O–H groups in total. The van der Waals surface area contributed by atoms with Gasteiger partial charge in [0.25, 0.3) is 0 Å². The van der Waals surface area contributed by atoms with Crippen LogP contribution in [0.5, 0.6) is 11.5 Å².